The van der Waals surface area contributed by atoms with Crippen molar-refractivity contribution in [3.05, 3.63) is 35.9 Å². The van der Waals surface area contributed by atoms with Crippen LogP contribution in [0.4, 0.5) is 0 Å². The summed E-state index contributed by atoms with van der Waals surface area (Å²) in [5.41, 5.74) is -0.0406. The molecule has 1 aromatic heterocycles. The second-order valence-electron chi connectivity index (χ2n) is 7.93. The molecule has 0 bridgehead atoms. The predicted octanol–water partition coefficient (Wildman–Crippen LogP) is 2.40. The molecule has 1 N–H and O–H groups in total. The summed E-state index contributed by atoms with van der Waals surface area (Å²) in [6.07, 6.45) is 1.51. The van der Waals surface area contributed by atoms with E-state index in [1.54, 1.807) is 0 Å². The van der Waals surface area contributed by atoms with Crippen molar-refractivity contribution in [3.63, 3.8) is 0 Å². The first-order valence-corrected chi connectivity index (χ1v) is 8.77. The topological polar surface area (TPSA) is 78.3 Å². The number of hydrogen-bond donors (Lipinski definition) is 1. The molecular weight excluding hydrogens is 332 g/mol. The van der Waals surface area contributed by atoms with Gasteiger partial charge in [-0.15, -0.1) is 0 Å². The van der Waals surface area contributed by atoms with E-state index < -0.39 is 5.41 Å². The van der Waals surface area contributed by atoms with Crippen molar-refractivity contribution in [1.29, 1.82) is 0 Å². The van der Waals surface area contributed by atoms with Gasteiger partial charge in [0, 0.05) is 0 Å². The molecule has 1 aliphatic heterocycles. The van der Waals surface area contributed by atoms with Gasteiger partial charge in [-0.1, -0.05) is 6.07 Å². The third kappa shape index (κ3) is 3.52. The molecule has 0 radical (unpaired) electrons. The summed E-state index contributed by atoms with van der Waals surface area (Å²) >= 11 is 0. The summed E-state index contributed by atoms with van der Waals surface area (Å²) in [4.78, 5) is 17.1. The van der Waals surface area contributed by atoms with Gasteiger partial charge >= 0.3 is 0 Å². The highest BCUT2D eigenvalue weighted by molar-refractivity contribution is 5.87. The summed E-state index contributed by atoms with van der Waals surface area (Å²) in [5, 5.41) is 7.24. The van der Waals surface area contributed by atoms with Crippen molar-refractivity contribution < 1.29 is 14.3 Å². The first-order valence-electron chi connectivity index (χ1n) is 8.77. The van der Waals surface area contributed by atoms with Crippen LogP contribution in [0.5, 0.6) is 11.5 Å². The molecule has 140 valence electrons. The number of amides is 1. The number of ether oxygens (including phenoxy) is 2. The fourth-order valence-corrected chi connectivity index (χ4v) is 2.89. The van der Waals surface area contributed by atoms with Crippen molar-refractivity contribution in [3.8, 4) is 11.5 Å². The Morgan fingerprint density at radius 1 is 1.15 bits per heavy atom. The standard InChI is InChI=1S/C19H26N4O3/c1-18(2,3)23-16(21-12-22-23)11-20-17(24)19(4,5)13-6-7-14-15(10-13)26-9-8-25-14/h6-7,10,12H,8-9,11H2,1-5H3,(H,20,24). The predicted molar refractivity (Wildman–Crippen MR) is 97.3 cm³/mol. The average Bonchev–Trinajstić information content (AvgIpc) is 3.08. The molecule has 0 fully saturated rings. The lowest BCUT2D eigenvalue weighted by Crippen LogP contribution is -2.40. The molecule has 0 saturated carbocycles. The maximum absolute atomic E-state index is 12.8. The quantitative estimate of drug-likeness (QED) is 0.908. The molecule has 0 saturated heterocycles. The Morgan fingerprint density at radius 3 is 2.54 bits per heavy atom. The Morgan fingerprint density at radius 2 is 1.85 bits per heavy atom. The minimum Gasteiger partial charge on any atom is -0.486 e. The molecule has 1 aliphatic rings. The SMILES string of the molecule is CC(C)(C(=O)NCc1ncnn1C(C)(C)C)c1ccc2c(c1)OCCO2. The Hall–Kier alpha value is -2.57. The Labute approximate surface area is 153 Å². The van der Waals surface area contributed by atoms with Crippen molar-refractivity contribution in [2.24, 2.45) is 0 Å². The summed E-state index contributed by atoms with van der Waals surface area (Å²) < 4.78 is 13.0. The zero-order chi connectivity index (χ0) is 18.9. The van der Waals surface area contributed by atoms with E-state index in [-0.39, 0.29) is 11.4 Å². The summed E-state index contributed by atoms with van der Waals surface area (Å²) in [5.74, 6) is 2.04. The molecule has 2 heterocycles. The fraction of sp³-hybridized carbons (Fsp3) is 0.526. The van der Waals surface area contributed by atoms with E-state index in [1.165, 1.54) is 6.33 Å². The second-order valence-corrected chi connectivity index (χ2v) is 7.93. The Balaban J connectivity index is 1.74. The highest BCUT2D eigenvalue weighted by Crippen LogP contribution is 2.35. The molecular formula is C19H26N4O3. The van der Waals surface area contributed by atoms with Crippen molar-refractivity contribution in [1.82, 2.24) is 20.1 Å². The first kappa shape index (κ1) is 18.2. The van der Waals surface area contributed by atoms with Gasteiger partial charge in [-0.25, -0.2) is 9.67 Å². The highest BCUT2D eigenvalue weighted by atomic mass is 16.6. The number of rotatable bonds is 4. The first-order chi connectivity index (χ1) is 12.2. The van der Waals surface area contributed by atoms with E-state index >= 15 is 0 Å². The van der Waals surface area contributed by atoms with Crippen molar-refractivity contribution >= 4 is 5.91 Å². The molecule has 7 nitrogen and oxygen atoms in total. The number of carbonyl (C=O) groups is 1. The van der Waals surface area contributed by atoms with Crippen LogP contribution in [0.1, 0.15) is 46.0 Å². The van der Waals surface area contributed by atoms with Gasteiger partial charge in [-0.05, 0) is 52.3 Å². The van der Waals surface area contributed by atoms with E-state index in [1.807, 2.05) is 57.5 Å². The van der Waals surface area contributed by atoms with Crippen LogP contribution in [0, 0.1) is 0 Å². The Kier molecular flexibility index (Phi) is 4.64. The van der Waals surface area contributed by atoms with Crippen LogP contribution in [-0.2, 0) is 22.3 Å². The smallest absolute Gasteiger partial charge is 0.230 e. The molecule has 0 atom stereocenters. The molecule has 3 rings (SSSR count). The molecule has 0 aliphatic carbocycles. The monoisotopic (exact) mass is 358 g/mol. The van der Waals surface area contributed by atoms with Crippen LogP contribution in [0.15, 0.2) is 24.5 Å². The van der Waals surface area contributed by atoms with Gasteiger partial charge in [-0.2, -0.15) is 5.10 Å². The minimum absolute atomic E-state index is 0.0855. The number of hydrogen-bond acceptors (Lipinski definition) is 5. The van der Waals surface area contributed by atoms with Crippen LogP contribution in [0.2, 0.25) is 0 Å². The zero-order valence-electron chi connectivity index (χ0n) is 16.0. The summed E-state index contributed by atoms with van der Waals surface area (Å²) in [7, 11) is 0. The van der Waals surface area contributed by atoms with Gasteiger partial charge < -0.3 is 14.8 Å². The molecule has 2 aromatic rings. The number of aromatic nitrogens is 3. The number of fused-ring (bicyclic) bond motifs is 1. The van der Waals surface area contributed by atoms with Crippen LogP contribution in [0.3, 0.4) is 0 Å². The lowest BCUT2D eigenvalue weighted by atomic mass is 9.83. The fourth-order valence-electron chi connectivity index (χ4n) is 2.89. The van der Waals surface area contributed by atoms with Crippen LogP contribution in [-0.4, -0.2) is 33.9 Å². The summed E-state index contributed by atoms with van der Waals surface area (Å²) in [6, 6.07) is 5.64. The lowest BCUT2D eigenvalue weighted by molar-refractivity contribution is -0.125. The average molecular weight is 358 g/mol. The molecule has 26 heavy (non-hydrogen) atoms. The summed E-state index contributed by atoms with van der Waals surface area (Å²) in [6.45, 7) is 11.3. The van der Waals surface area contributed by atoms with Crippen LogP contribution >= 0.6 is 0 Å². The number of nitrogens with zero attached hydrogens (tertiary/aromatic N) is 3. The van der Waals surface area contributed by atoms with Gasteiger partial charge in [0.1, 0.15) is 25.4 Å². The molecule has 1 aromatic carbocycles. The third-order valence-electron chi connectivity index (χ3n) is 4.49. The molecule has 0 unspecified atom stereocenters. The van der Waals surface area contributed by atoms with Gasteiger partial charge in [0.05, 0.1) is 17.5 Å². The van der Waals surface area contributed by atoms with Gasteiger partial charge in [0.25, 0.3) is 0 Å². The van der Waals surface area contributed by atoms with E-state index in [9.17, 15) is 4.79 Å². The largest absolute Gasteiger partial charge is 0.486 e. The maximum atomic E-state index is 12.8. The van der Waals surface area contributed by atoms with Crippen LogP contribution < -0.4 is 14.8 Å². The number of benzene rings is 1. The normalized spacial score (nSPS) is 14.2. The number of nitrogens with one attached hydrogen (secondary N) is 1. The Bertz CT molecular complexity index is 805. The third-order valence-corrected chi connectivity index (χ3v) is 4.49. The van der Waals surface area contributed by atoms with Gasteiger partial charge in [-0.3, -0.25) is 4.79 Å². The lowest BCUT2D eigenvalue weighted by Gasteiger charge is -2.27. The zero-order valence-corrected chi connectivity index (χ0v) is 16.0. The molecule has 7 heteroatoms. The van der Waals surface area contributed by atoms with Crippen molar-refractivity contribution in [2.45, 2.75) is 52.1 Å². The highest BCUT2D eigenvalue weighted by Gasteiger charge is 2.31. The van der Waals surface area contributed by atoms with E-state index in [0.29, 0.717) is 25.5 Å². The van der Waals surface area contributed by atoms with Gasteiger partial charge in [0.2, 0.25) is 5.91 Å². The van der Waals surface area contributed by atoms with Crippen molar-refractivity contribution in [2.75, 3.05) is 13.2 Å². The van der Waals surface area contributed by atoms with E-state index in [2.05, 4.69) is 15.4 Å². The van der Waals surface area contributed by atoms with E-state index in [0.717, 1.165) is 17.1 Å². The maximum Gasteiger partial charge on any atom is 0.230 e. The van der Waals surface area contributed by atoms with Crippen LogP contribution in [0.25, 0.3) is 0 Å². The second kappa shape index (κ2) is 6.63. The number of carbonyl (C=O) groups excluding carboxylic acids is 1. The van der Waals surface area contributed by atoms with Gasteiger partial charge in [0.15, 0.2) is 11.5 Å². The molecule has 1 amide bonds. The minimum atomic E-state index is -0.720. The van der Waals surface area contributed by atoms with E-state index in [4.69, 9.17) is 9.47 Å². The molecule has 0 spiro atoms.